The molecule has 1 aliphatic heterocycles. The number of ether oxygens (including phenoxy) is 1. The van der Waals surface area contributed by atoms with Crippen LogP contribution in [0.4, 0.5) is 0 Å². The third kappa shape index (κ3) is 6.98. The molecule has 1 aromatic heterocycles. The van der Waals surface area contributed by atoms with E-state index in [9.17, 15) is 14.4 Å². The Hall–Kier alpha value is -4.52. The van der Waals surface area contributed by atoms with E-state index in [2.05, 4.69) is 31.0 Å². The van der Waals surface area contributed by atoms with Crippen molar-refractivity contribution in [1.82, 2.24) is 14.8 Å². The molecule has 7 nitrogen and oxygen atoms in total. The van der Waals surface area contributed by atoms with E-state index in [0.29, 0.717) is 12.8 Å². The fraction of sp³-hybridized carbons (Fsp3) is 0.294. The number of hydrogen-bond acceptors (Lipinski definition) is 5. The van der Waals surface area contributed by atoms with E-state index in [1.54, 1.807) is 29.4 Å². The summed E-state index contributed by atoms with van der Waals surface area (Å²) in [5.41, 5.74) is 5.85. The molecule has 41 heavy (non-hydrogen) atoms. The first-order chi connectivity index (χ1) is 19.8. The molecule has 4 rings (SSSR count). The van der Waals surface area contributed by atoms with Crippen LogP contribution in [0, 0.1) is 13.8 Å². The number of aromatic nitrogens is 1. The monoisotopic (exact) mass is 551 g/mol. The summed E-state index contributed by atoms with van der Waals surface area (Å²) in [4.78, 5) is 46.7. The van der Waals surface area contributed by atoms with E-state index in [-0.39, 0.29) is 25.0 Å². The number of carbonyl (C=O) groups is 3. The summed E-state index contributed by atoms with van der Waals surface area (Å²) in [5.74, 6) is -0.631. The second kappa shape index (κ2) is 13.7. The molecular weight excluding hydrogens is 514 g/mol. The third-order valence-electron chi connectivity index (χ3n) is 7.47. The van der Waals surface area contributed by atoms with Gasteiger partial charge in [-0.15, -0.1) is 0 Å². The lowest BCUT2D eigenvalue weighted by Gasteiger charge is -2.32. The number of rotatable bonds is 11. The van der Waals surface area contributed by atoms with Gasteiger partial charge in [-0.25, -0.2) is 0 Å². The highest BCUT2D eigenvalue weighted by Crippen LogP contribution is 2.37. The van der Waals surface area contributed by atoms with Crippen LogP contribution in [0.15, 0.2) is 91.4 Å². The Balaban J connectivity index is 1.68. The second-order valence-corrected chi connectivity index (χ2v) is 10.4. The van der Waals surface area contributed by atoms with Crippen LogP contribution in [0.3, 0.4) is 0 Å². The van der Waals surface area contributed by atoms with Crippen LogP contribution < -0.4 is 0 Å². The van der Waals surface area contributed by atoms with Crippen LogP contribution in [-0.4, -0.2) is 45.2 Å². The highest BCUT2D eigenvalue weighted by molar-refractivity contribution is 5.87. The van der Waals surface area contributed by atoms with Crippen LogP contribution in [0.2, 0.25) is 0 Å². The van der Waals surface area contributed by atoms with Crippen LogP contribution in [0.5, 0.6) is 0 Å². The summed E-state index contributed by atoms with van der Waals surface area (Å²) >= 11 is 0. The first-order valence-corrected chi connectivity index (χ1v) is 13.9. The number of carbonyl (C=O) groups excluding carboxylic acids is 3. The molecule has 212 valence electrons. The Bertz CT molecular complexity index is 1410. The summed E-state index contributed by atoms with van der Waals surface area (Å²) in [6, 6.07) is 16.1. The zero-order valence-electron chi connectivity index (χ0n) is 24.1. The predicted octanol–water partition coefficient (Wildman–Crippen LogP) is 6.08. The standard InChI is InChI=1S/C34H37N3O4/c1-5-6-10-16-36(23-38)31-17-26(4)37(34(31)40)30(19-32(39)41-22-27-14-8-7-9-15-27)28-18-29(21-35-20-28)33-24(2)12-11-13-25(33)3/h5-16,18,20-21,23,26,30-31H,17,19,22H2,1-4H3/b6-5-,16-10-/t26?,30-,31?/m1/s1. The number of allylic oxidation sites excluding steroid dienone is 3. The summed E-state index contributed by atoms with van der Waals surface area (Å²) in [6.07, 6.45) is 11.6. The lowest BCUT2D eigenvalue weighted by Crippen LogP contribution is -2.41. The minimum absolute atomic E-state index is 0.0387. The lowest BCUT2D eigenvalue weighted by molar-refractivity contribution is -0.148. The van der Waals surface area contributed by atoms with Crippen molar-refractivity contribution in [3.8, 4) is 11.1 Å². The number of amides is 2. The van der Waals surface area contributed by atoms with Crippen LogP contribution >= 0.6 is 0 Å². The fourth-order valence-corrected chi connectivity index (χ4v) is 5.49. The molecule has 3 atom stereocenters. The van der Waals surface area contributed by atoms with E-state index < -0.39 is 18.1 Å². The maximum atomic E-state index is 13.9. The van der Waals surface area contributed by atoms with Crippen LogP contribution in [0.1, 0.15) is 55.0 Å². The summed E-state index contributed by atoms with van der Waals surface area (Å²) in [7, 11) is 0. The Morgan fingerprint density at radius 1 is 1.10 bits per heavy atom. The highest BCUT2D eigenvalue weighted by Gasteiger charge is 2.44. The van der Waals surface area contributed by atoms with E-state index >= 15 is 0 Å². The Kier molecular flexibility index (Phi) is 9.85. The maximum absolute atomic E-state index is 13.9. The van der Waals surface area contributed by atoms with Crippen molar-refractivity contribution in [3.05, 3.63) is 114 Å². The van der Waals surface area contributed by atoms with E-state index in [0.717, 1.165) is 33.4 Å². The molecule has 2 heterocycles. The van der Waals surface area contributed by atoms with Gasteiger partial charge in [-0.2, -0.15) is 0 Å². The number of esters is 1. The molecule has 2 aromatic carbocycles. The molecule has 2 unspecified atom stereocenters. The maximum Gasteiger partial charge on any atom is 0.308 e. The smallest absolute Gasteiger partial charge is 0.308 e. The molecule has 0 saturated carbocycles. The van der Waals surface area contributed by atoms with Gasteiger partial charge in [-0.1, -0.05) is 60.7 Å². The molecule has 0 radical (unpaired) electrons. The molecule has 7 heteroatoms. The van der Waals surface area contributed by atoms with Crippen molar-refractivity contribution in [2.75, 3.05) is 0 Å². The highest BCUT2D eigenvalue weighted by atomic mass is 16.5. The van der Waals surface area contributed by atoms with Crippen LogP contribution in [-0.2, 0) is 25.7 Å². The van der Waals surface area contributed by atoms with Crippen molar-refractivity contribution in [2.45, 2.75) is 65.3 Å². The lowest BCUT2D eigenvalue weighted by atomic mass is 9.94. The molecule has 0 aliphatic carbocycles. The Labute approximate surface area is 242 Å². The van der Waals surface area contributed by atoms with Gasteiger partial charge in [-0.3, -0.25) is 19.4 Å². The van der Waals surface area contributed by atoms with E-state index in [4.69, 9.17) is 4.74 Å². The van der Waals surface area contributed by atoms with Crippen molar-refractivity contribution in [1.29, 1.82) is 0 Å². The second-order valence-electron chi connectivity index (χ2n) is 10.4. The van der Waals surface area contributed by atoms with Crippen LogP contribution in [0.25, 0.3) is 11.1 Å². The molecule has 1 aliphatic rings. The zero-order valence-corrected chi connectivity index (χ0v) is 24.1. The molecule has 0 N–H and O–H groups in total. The summed E-state index contributed by atoms with van der Waals surface area (Å²) < 4.78 is 5.64. The topological polar surface area (TPSA) is 79.8 Å². The van der Waals surface area contributed by atoms with Gasteiger partial charge in [0.25, 0.3) is 0 Å². The minimum Gasteiger partial charge on any atom is -0.461 e. The van der Waals surface area contributed by atoms with Crippen molar-refractivity contribution in [3.63, 3.8) is 0 Å². The van der Waals surface area contributed by atoms with E-state index in [1.807, 2.05) is 68.6 Å². The Morgan fingerprint density at radius 3 is 2.51 bits per heavy atom. The van der Waals surface area contributed by atoms with Crippen molar-refractivity contribution in [2.24, 2.45) is 0 Å². The third-order valence-corrected chi connectivity index (χ3v) is 7.47. The number of likely N-dealkylation sites (tertiary alicyclic amines) is 1. The first-order valence-electron chi connectivity index (χ1n) is 13.9. The van der Waals surface area contributed by atoms with Gasteiger partial charge in [0.1, 0.15) is 12.6 Å². The van der Waals surface area contributed by atoms with Gasteiger partial charge in [-0.05, 0) is 74.1 Å². The molecule has 1 saturated heterocycles. The van der Waals surface area contributed by atoms with E-state index in [1.165, 1.54) is 4.90 Å². The largest absolute Gasteiger partial charge is 0.461 e. The molecule has 0 bridgehead atoms. The molecule has 2 amide bonds. The molecule has 3 aromatic rings. The quantitative estimate of drug-likeness (QED) is 0.164. The number of nitrogens with zero attached hydrogens (tertiary/aromatic N) is 3. The van der Waals surface area contributed by atoms with Gasteiger partial charge < -0.3 is 14.5 Å². The predicted molar refractivity (Wildman–Crippen MR) is 159 cm³/mol. The van der Waals surface area contributed by atoms with Crippen molar-refractivity contribution < 1.29 is 19.1 Å². The Morgan fingerprint density at radius 2 is 1.83 bits per heavy atom. The summed E-state index contributed by atoms with van der Waals surface area (Å²) in [6.45, 7) is 8.08. The fourth-order valence-electron chi connectivity index (χ4n) is 5.49. The minimum atomic E-state index is -0.665. The van der Waals surface area contributed by atoms with Gasteiger partial charge in [0.2, 0.25) is 12.3 Å². The first kappa shape index (κ1) is 29.5. The van der Waals surface area contributed by atoms with Gasteiger partial charge in [0.15, 0.2) is 0 Å². The van der Waals surface area contributed by atoms with Gasteiger partial charge in [0.05, 0.1) is 12.5 Å². The number of aryl methyl sites for hydroxylation is 2. The number of benzene rings is 2. The zero-order chi connectivity index (χ0) is 29.4. The number of hydrogen-bond donors (Lipinski definition) is 0. The average Bonchev–Trinajstić information content (AvgIpc) is 3.26. The van der Waals surface area contributed by atoms with Crippen molar-refractivity contribution >= 4 is 18.3 Å². The summed E-state index contributed by atoms with van der Waals surface area (Å²) in [5, 5.41) is 0. The molecule has 0 spiro atoms. The van der Waals surface area contributed by atoms with Gasteiger partial charge >= 0.3 is 5.97 Å². The van der Waals surface area contributed by atoms with Gasteiger partial charge in [0, 0.05) is 30.2 Å². The average molecular weight is 552 g/mol. The molecular formula is C34H37N3O4. The SMILES string of the molecule is C/C=C\C=C/N(C=O)C1CC(C)N([C@H](CC(=O)OCc2ccccc2)c2cncc(-c3c(C)cccc3C)c2)C1=O. The number of pyridine rings is 1. The molecule has 1 fully saturated rings. The normalized spacial score (nSPS) is 17.8.